The van der Waals surface area contributed by atoms with E-state index >= 15 is 0 Å². The summed E-state index contributed by atoms with van der Waals surface area (Å²) >= 11 is 0. The first-order chi connectivity index (χ1) is 13.1. The molecule has 2 N–H and O–H groups in total. The number of anilines is 1. The number of nitro groups is 1. The van der Waals surface area contributed by atoms with E-state index in [9.17, 15) is 15.2 Å². The highest BCUT2D eigenvalue weighted by Crippen LogP contribution is 2.22. The van der Waals surface area contributed by atoms with Crippen LogP contribution in [0.1, 0.15) is 23.7 Å². The quantitative estimate of drug-likeness (QED) is 0.489. The maximum absolute atomic E-state index is 10.8. The van der Waals surface area contributed by atoms with Gasteiger partial charge in [0.2, 0.25) is 0 Å². The van der Waals surface area contributed by atoms with Crippen LogP contribution < -0.4 is 5.32 Å². The summed E-state index contributed by atoms with van der Waals surface area (Å²) in [4.78, 5) is 19.5. The number of rotatable bonds is 7. The molecule has 138 valence electrons. The van der Waals surface area contributed by atoms with Crippen LogP contribution in [0.2, 0.25) is 0 Å². The van der Waals surface area contributed by atoms with Crippen molar-refractivity contribution in [2.24, 2.45) is 0 Å². The molecule has 1 aromatic heterocycles. The lowest BCUT2D eigenvalue weighted by molar-refractivity contribution is -0.384. The van der Waals surface area contributed by atoms with Gasteiger partial charge in [-0.05, 0) is 29.7 Å². The van der Waals surface area contributed by atoms with Crippen LogP contribution in [0, 0.1) is 10.1 Å². The zero-order valence-electron chi connectivity index (χ0n) is 14.9. The van der Waals surface area contributed by atoms with Crippen molar-refractivity contribution in [1.29, 1.82) is 0 Å². The molecule has 1 heterocycles. The van der Waals surface area contributed by atoms with Gasteiger partial charge in [-0.1, -0.05) is 31.2 Å². The Morgan fingerprint density at radius 3 is 2.41 bits per heavy atom. The Morgan fingerprint density at radius 1 is 1.07 bits per heavy atom. The maximum atomic E-state index is 10.8. The lowest BCUT2D eigenvalue weighted by Gasteiger charge is -2.11. The SMILES string of the molecule is CCc1cc(NCc2ccccc2CO)nc(-c2ccc([N+](=O)[O-])cc2)n1. The standard InChI is InChI=1S/C20H20N4O3/c1-2-17-11-19(21-12-15-5-3-4-6-16(15)13-25)23-20(22-17)14-7-9-18(10-8-14)24(26)27/h3-11,25H,2,12-13H2,1H3,(H,21,22,23). The fourth-order valence-corrected chi connectivity index (χ4v) is 2.70. The number of aryl methyl sites for hydroxylation is 1. The summed E-state index contributed by atoms with van der Waals surface area (Å²) in [7, 11) is 0. The summed E-state index contributed by atoms with van der Waals surface area (Å²) in [5.74, 6) is 1.19. The average Bonchev–Trinajstić information content (AvgIpc) is 2.72. The monoisotopic (exact) mass is 364 g/mol. The van der Waals surface area contributed by atoms with Gasteiger partial charge in [-0.2, -0.15) is 0 Å². The van der Waals surface area contributed by atoms with E-state index in [2.05, 4.69) is 15.3 Å². The van der Waals surface area contributed by atoms with Gasteiger partial charge in [0.25, 0.3) is 5.69 Å². The summed E-state index contributed by atoms with van der Waals surface area (Å²) in [6.07, 6.45) is 0.740. The Hall–Kier alpha value is -3.32. The lowest BCUT2D eigenvalue weighted by atomic mass is 10.1. The molecule has 0 aliphatic heterocycles. The Bertz CT molecular complexity index is 942. The van der Waals surface area contributed by atoms with Gasteiger partial charge in [0.1, 0.15) is 5.82 Å². The molecule has 2 aromatic carbocycles. The molecular formula is C20H20N4O3. The van der Waals surface area contributed by atoms with Crippen LogP contribution in [-0.4, -0.2) is 20.0 Å². The molecule has 0 fully saturated rings. The van der Waals surface area contributed by atoms with Crippen molar-refractivity contribution in [3.8, 4) is 11.4 Å². The number of hydrogen-bond acceptors (Lipinski definition) is 6. The largest absolute Gasteiger partial charge is 0.392 e. The molecule has 0 saturated carbocycles. The van der Waals surface area contributed by atoms with Gasteiger partial charge in [0.05, 0.1) is 11.5 Å². The summed E-state index contributed by atoms with van der Waals surface area (Å²) < 4.78 is 0. The average molecular weight is 364 g/mol. The summed E-state index contributed by atoms with van der Waals surface area (Å²) in [6, 6.07) is 15.7. The predicted octanol–water partition coefficient (Wildman–Crippen LogP) is 3.72. The van der Waals surface area contributed by atoms with Crippen LogP contribution in [0.4, 0.5) is 11.5 Å². The van der Waals surface area contributed by atoms with E-state index in [0.717, 1.165) is 28.8 Å². The highest BCUT2D eigenvalue weighted by molar-refractivity contribution is 5.59. The summed E-state index contributed by atoms with van der Waals surface area (Å²) in [5.41, 5.74) is 3.48. The second-order valence-corrected chi connectivity index (χ2v) is 6.01. The van der Waals surface area contributed by atoms with E-state index in [-0.39, 0.29) is 12.3 Å². The van der Waals surface area contributed by atoms with Crippen LogP contribution in [0.3, 0.4) is 0 Å². The number of non-ortho nitro benzene ring substituents is 1. The number of aliphatic hydroxyl groups excluding tert-OH is 1. The Kier molecular flexibility index (Phi) is 5.73. The van der Waals surface area contributed by atoms with Gasteiger partial charge in [-0.25, -0.2) is 9.97 Å². The number of benzene rings is 2. The van der Waals surface area contributed by atoms with E-state index in [1.165, 1.54) is 12.1 Å². The van der Waals surface area contributed by atoms with E-state index in [0.29, 0.717) is 18.2 Å². The van der Waals surface area contributed by atoms with E-state index < -0.39 is 4.92 Å². The van der Waals surface area contributed by atoms with Crippen molar-refractivity contribution < 1.29 is 10.0 Å². The zero-order valence-corrected chi connectivity index (χ0v) is 14.9. The normalized spacial score (nSPS) is 10.6. The van der Waals surface area contributed by atoms with Crippen molar-refractivity contribution in [2.45, 2.75) is 26.5 Å². The molecule has 3 rings (SSSR count). The molecule has 0 unspecified atom stereocenters. The van der Waals surface area contributed by atoms with E-state index in [4.69, 9.17) is 0 Å². The third-order valence-corrected chi connectivity index (χ3v) is 4.23. The third kappa shape index (κ3) is 4.45. The smallest absolute Gasteiger partial charge is 0.269 e. The predicted molar refractivity (Wildman–Crippen MR) is 103 cm³/mol. The molecule has 3 aromatic rings. The molecule has 7 heteroatoms. The van der Waals surface area contributed by atoms with Gasteiger partial charge in [-0.15, -0.1) is 0 Å². The van der Waals surface area contributed by atoms with Crippen molar-refractivity contribution in [3.05, 3.63) is 81.5 Å². The summed E-state index contributed by atoms with van der Waals surface area (Å²) in [6.45, 7) is 2.51. The number of nitrogens with zero attached hydrogens (tertiary/aromatic N) is 3. The van der Waals surface area contributed by atoms with Crippen LogP contribution in [-0.2, 0) is 19.6 Å². The van der Waals surface area contributed by atoms with Crippen molar-refractivity contribution in [2.75, 3.05) is 5.32 Å². The molecule has 27 heavy (non-hydrogen) atoms. The highest BCUT2D eigenvalue weighted by Gasteiger charge is 2.10. The molecule has 0 radical (unpaired) electrons. The van der Waals surface area contributed by atoms with E-state index in [1.54, 1.807) is 12.1 Å². The van der Waals surface area contributed by atoms with Gasteiger partial charge in [-0.3, -0.25) is 10.1 Å². The number of nitro benzene ring substituents is 1. The minimum Gasteiger partial charge on any atom is -0.392 e. The highest BCUT2D eigenvalue weighted by atomic mass is 16.6. The first-order valence-electron chi connectivity index (χ1n) is 8.65. The minimum atomic E-state index is -0.432. The fourth-order valence-electron chi connectivity index (χ4n) is 2.70. The molecule has 7 nitrogen and oxygen atoms in total. The Balaban J connectivity index is 1.86. The first-order valence-corrected chi connectivity index (χ1v) is 8.65. The second-order valence-electron chi connectivity index (χ2n) is 6.01. The first kappa shape index (κ1) is 18.5. The third-order valence-electron chi connectivity index (χ3n) is 4.23. The zero-order chi connectivity index (χ0) is 19.2. The molecule has 0 aliphatic carbocycles. The molecule has 0 saturated heterocycles. The summed E-state index contributed by atoms with van der Waals surface area (Å²) in [5, 5.41) is 23.6. The fraction of sp³-hybridized carbons (Fsp3) is 0.200. The molecule has 0 atom stereocenters. The minimum absolute atomic E-state index is 0.0180. The van der Waals surface area contributed by atoms with Gasteiger partial charge in [0.15, 0.2) is 5.82 Å². The Labute approximate surface area is 156 Å². The van der Waals surface area contributed by atoms with Gasteiger partial charge >= 0.3 is 0 Å². The number of aliphatic hydroxyl groups is 1. The maximum Gasteiger partial charge on any atom is 0.269 e. The second kappa shape index (κ2) is 8.37. The number of nitrogens with one attached hydrogen (secondary N) is 1. The lowest BCUT2D eigenvalue weighted by Crippen LogP contribution is -2.06. The van der Waals surface area contributed by atoms with Crippen LogP contribution in [0.15, 0.2) is 54.6 Å². The molecule has 0 bridgehead atoms. The van der Waals surface area contributed by atoms with Crippen LogP contribution >= 0.6 is 0 Å². The Morgan fingerprint density at radius 2 is 1.78 bits per heavy atom. The molecule has 0 aliphatic rings. The van der Waals surface area contributed by atoms with Crippen molar-refractivity contribution >= 4 is 11.5 Å². The number of hydrogen-bond donors (Lipinski definition) is 2. The molecule has 0 spiro atoms. The van der Waals surface area contributed by atoms with Crippen molar-refractivity contribution in [1.82, 2.24) is 9.97 Å². The molecular weight excluding hydrogens is 344 g/mol. The number of aromatic nitrogens is 2. The van der Waals surface area contributed by atoms with Gasteiger partial charge in [0, 0.05) is 36.0 Å². The van der Waals surface area contributed by atoms with Crippen molar-refractivity contribution in [3.63, 3.8) is 0 Å². The van der Waals surface area contributed by atoms with Gasteiger partial charge < -0.3 is 10.4 Å². The topological polar surface area (TPSA) is 101 Å². The van der Waals surface area contributed by atoms with Crippen LogP contribution in [0.5, 0.6) is 0 Å². The van der Waals surface area contributed by atoms with Crippen LogP contribution in [0.25, 0.3) is 11.4 Å². The van der Waals surface area contributed by atoms with E-state index in [1.807, 2.05) is 37.3 Å². The molecule has 0 amide bonds.